The van der Waals surface area contributed by atoms with Gasteiger partial charge in [-0.05, 0) is 55.3 Å². The fraction of sp³-hybridized carbons (Fsp3) is 0.348. The van der Waals surface area contributed by atoms with Gasteiger partial charge in [-0.1, -0.05) is 6.07 Å². The molecule has 1 aliphatic rings. The van der Waals surface area contributed by atoms with E-state index in [1.165, 1.54) is 39.5 Å². The standard InChI is InChI=1S/C23H27NO8S/c1-23(2,16-7-8-17-18(14-16)32-11-10-31-17)24-33(26,27)20-13-15(6-9-21(25)29-4)12-19(28-3)22(20)30-5/h6-9,12-14,24H,10-11H2,1-5H3/b9-6+. The molecule has 0 fully saturated rings. The van der Waals surface area contributed by atoms with Crippen LogP contribution < -0.4 is 23.7 Å². The van der Waals surface area contributed by atoms with E-state index in [1.54, 1.807) is 38.1 Å². The lowest BCUT2D eigenvalue weighted by molar-refractivity contribution is -0.134. The van der Waals surface area contributed by atoms with Crippen LogP contribution in [-0.4, -0.2) is 48.9 Å². The Labute approximate surface area is 193 Å². The first-order chi connectivity index (χ1) is 15.6. The monoisotopic (exact) mass is 477 g/mol. The Balaban J connectivity index is 2.01. The molecule has 0 aromatic heterocycles. The van der Waals surface area contributed by atoms with Crippen molar-refractivity contribution in [1.82, 2.24) is 4.72 Å². The third-order valence-electron chi connectivity index (χ3n) is 5.02. The second kappa shape index (κ2) is 9.72. The first kappa shape index (κ1) is 24.4. The molecule has 178 valence electrons. The van der Waals surface area contributed by atoms with E-state index in [2.05, 4.69) is 9.46 Å². The van der Waals surface area contributed by atoms with E-state index in [4.69, 9.17) is 18.9 Å². The van der Waals surface area contributed by atoms with Crippen LogP contribution in [0.15, 0.2) is 41.3 Å². The van der Waals surface area contributed by atoms with Crippen LogP contribution in [0, 0.1) is 0 Å². The summed E-state index contributed by atoms with van der Waals surface area (Å²) >= 11 is 0. The summed E-state index contributed by atoms with van der Waals surface area (Å²) in [5.74, 6) is 0.827. The molecule has 1 N–H and O–H groups in total. The largest absolute Gasteiger partial charge is 0.493 e. The number of nitrogens with one attached hydrogen (secondary N) is 1. The molecule has 1 heterocycles. The number of rotatable bonds is 8. The summed E-state index contributed by atoms with van der Waals surface area (Å²) in [4.78, 5) is 11.3. The minimum Gasteiger partial charge on any atom is -0.493 e. The van der Waals surface area contributed by atoms with Crippen molar-refractivity contribution in [2.75, 3.05) is 34.5 Å². The molecular weight excluding hydrogens is 450 g/mol. The Bertz CT molecular complexity index is 1170. The van der Waals surface area contributed by atoms with Crippen molar-refractivity contribution in [3.05, 3.63) is 47.5 Å². The average Bonchev–Trinajstić information content (AvgIpc) is 2.80. The molecule has 0 radical (unpaired) electrons. The second-order valence-electron chi connectivity index (χ2n) is 7.70. The van der Waals surface area contributed by atoms with Crippen molar-refractivity contribution < 1.29 is 36.9 Å². The number of carbonyl (C=O) groups is 1. The Morgan fingerprint density at radius 1 is 1.03 bits per heavy atom. The van der Waals surface area contributed by atoms with Gasteiger partial charge in [-0.3, -0.25) is 0 Å². The average molecular weight is 478 g/mol. The maximum absolute atomic E-state index is 13.5. The first-order valence-electron chi connectivity index (χ1n) is 10.1. The van der Waals surface area contributed by atoms with Gasteiger partial charge in [0.25, 0.3) is 0 Å². The van der Waals surface area contributed by atoms with Crippen LogP contribution in [0.5, 0.6) is 23.0 Å². The molecule has 3 rings (SSSR count). The van der Waals surface area contributed by atoms with Crippen molar-refractivity contribution >= 4 is 22.1 Å². The molecule has 9 nitrogen and oxygen atoms in total. The summed E-state index contributed by atoms with van der Waals surface area (Å²) in [5.41, 5.74) is 0.0867. The van der Waals surface area contributed by atoms with Crippen molar-refractivity contribution in [2.24, 2.45) is 0 Å². The molecule has 2 aromatic rings. The van der Waals surface area contributed by atoms with Gasteiger partial charge >= 0.3 is 5.97 Å². The van der Waals surface area contributed by atoms with Crippen LogP contribution in [0.1, 0.15) is 25.0 Å². The summed E-state index contributed by atoms with van der Waals surface area (Å²) in [5, 5.41) is 0. The van der Waals surface area contributed by atoms with Crippen LogP contribution in [0.4, 0.5) is 0 Å². The van der Waals surface area contributed by atoms with Crippen LogP contribution in [0.3, 0.4) is 0 Å². The molecule has 0 spiro atoms. The molecule has 0 unspecified atom stereocenters. The number of hydrogen-bond donors (Lipinski definition) is 1. The molecule has 0 atom stereocenters. The van der Waals surface area contributed by atoms with Gasteiger partial charge in [-0.25, -0.2) is 17.9 Å². The first-order valence-corrected chi connectivity index (χ1v) is 11.6. The van der Waals surface area contributed by atoms with E-state index >= 15 is 0 Å². The van der Waals surface area contributed by atoms with Crippen molar-refractivity contribution in [3.63, 3.8) is 0 Å². The lowest BCUT2D eigenvalue weighted by Gasteiger charge is -2.29. The van der Waals surface area contributed by atoms with Gasteiger partial charge in [0.15, 0.2) is 23.0 Å². The third-order valence-corrected chi connectivity index (χ3v) is 6.68. The summed E-state index contributed by atoms with van der Waals surface area (Å²) < 4.78 is 56.1. The minimum absolute atomic E-state index is 0.0400. The van der Waals surface area contributed by atoms with Crippen molar-refractivity contribution in [1.29, 1.82) is 0 Å². The molecule has 2 aromatic carbocycles. The third kappa shape index (κ3) is 5.40. The summed E-state index contributed by atoms with van der Waals surface area (Å²) in [6.07, 6.45) is 2.61. The highest BCUT2D eigenvalue weighted by atomic mass is 32.2. The van der Waals surface area contributed by atoms with Crippen LogP contribution in [0.25, 0.3) is 6.08 Å². The van der Waals surface area contributed by atoms with Crippen LogP contribution >= 0.6 is 0 Å². The van der Waals surface area contributed by atoms with Crippen LogP contribution in [-0.2, 0) is 25.1 Å². The van der Waals surface area contributed by atoms with Gasteiger partial charge in [-0.15, -0.1) is 0 Å². The zero-order chi connectivity index (χ0) is 24.2. The van der Waals surface area contributed by atoms with E-state index in [-0.39, 0.29) is 16.4 Å². The fourth-order valence-electron chi connectivity index (χ4n) is 3.36. The summed E-state index contributed by atoms with van der Waals surface area (Å²) in [6.45, 7) is 4.36. The van der Waals surface area contributed by atoms with E-state index in [1.807, 2.05) is 0 Å². The molecule has 10 heteroatoms. The van der Waals surface area contributed by atoms with Gasteiger partial charge in [0.1, 0.15) is 18.1 Å². The highest BCUT2D eigenvalue weighted by molar-refractivity contribution is 7.89. The predicted molar refractivity (Wildman–Crippen MR) is 121 cm³/mol. The van der Waals surface area contributed by atoms with E-state index in [0.29, 0.717) is 35.8 Å². The molecule has 0 amide bonds. The SMILES string of the molecule is COC(=O)/C=C/c1cc(OC)c(OC)c(S(=O)(=O)NC(C)(C)c2ccc3c(c2)OCCO3)c1. The molecule has 0 aliphatic carbocycles. The number of carbonyl (C=O) groups excluding carboxylic acids is 1. The van der Waals surface area contributed by atoms with Crippen molar-refractivity contribution in [3.8, 4) is 23.0 Å². The van der Waals surface area contributed by atoms with Gasteiger partial charge in [0.05, 0.1) is 26.9 Å². The van der Waals surface area contributed by atoms with E-state index in [0.717, 1.165) is 0 Å². The maximum atomic E-state index is 13.5. The maximum Gasteiger partial charge on any atom is 0.330 e. The number of hydrogen-bond acceptors (Lipinski definition) is 8. The van der Waals surface area contributed by atoms with Crippen LogP contribution in [0.2, 0.25) is 0 Å². The number of esters is 1. The highest BCUT2D eigenvalue weighted by Crippen LogP contribution is 2.38. The lowest BCUT2D eigenvalue weighted by atomic mass is 9.95. The highest BCUT2D eigenvalue weighted by Gasteiger charge is 2.32. The zero-order valence-corrected chi connectivity index (χ0v) is 19.9. The Kier molecular flexibility index (Phi) is 7.19. The number of methoxy groups -OCH3 is 3. The van der Waals surface area contributed by atoms with Crippen molar-refractivity contribution in [2.45, 2.75) is 24.3 Å². The number of benzene rings is 2. The predicted octanol–water partition coefficient (Wildman–Crippen LogP) is 2.87. The molecule has 0 saturated heterocycles. The second-order valence-corrected chi connectivity index (χ2v) is 9.35. The smallest absolute Gasteiger partial charge is 0.330 e. The Morgan fingerprint density at radius 3 is 2.36 bits per heavy atom. The Morgan fingerprint density at radius 2 is 1.73 bits per heavy atom. The van der Waals surface area contributed by atoms with Gasteiger partial charge in [0.2, 0.25) is 10.0 Å². The molecule has 0 saturated carbocycles. The van der Waals surface area contributed by atoms with E-state index in [9.17, 15) is 13.2 Å². The summed E-state index contributed by atoms with van der Waals surface area (Å²) in [6, 6.07) is 8.24. The lowest BCUT2D eigenvalue weighted by Crippen LogP contribution is -2.41. The fourth-order valence-corrected chi connectivity index (χ4v) is 4.98. The number of fused-ring (bicyclic) bond motifs is 1. The number of sulfonamides is 1. The molecule has 0 bridgehead atoms. The van der Waals surface area contributed by atoms with Gasteiger partial charge < -0.3 is 23.7 Å². The summed E-state index contributed by atoms with van der Waals surface area (Å²) in [7, 11) is -0.104. The minimum atomic E-state index is -4.11. The Hall–Kier alpha value is -3.24. The van der Waals surface area contributed by atoms with Gasteiger partial charge in [-0.2, -0.15) is 0 Å². The molecule has 1 aliphatic heterocycles. The quantitative estimate of drug-likeness (QED) is 0.457. The molecule has 33 heavy (non-hydrogen) atoms. The normalized spacial score (nSPS) is 13.6. The van der Waals surface area contributed by atoms with Gasteiger partial charge in [0, 0.05) is 6.08 Å². The zero-order valence-electron chi connectivity index (χ0n) is 19.1. The number of ether oxygens (including phenoxy) is 5. The topological polar surface area (TPSA) is 109 Å². The molecular formula is C23H27NO8S. The van der Waals surface area contributed by atoms with E-state index < -0.39 is 21.5 Å².